The van der Waals surface area contributed by atoms with Crippen molar-refractivity contribution in [1.29, 1.82) is 0 Å². The highest BCUT2D eigenvalue weighted by Gasteiger charge is 2.39. The fraction of sp³-hybridized carbons (Fsp3) is 0.531. The van der Waals surface area contributed by atoms with Crippen LogP contribution < -0.4 is 10.8 Å². The Labute approximate surface area is 252 Å². The molecule has 2 aliphatic heterocycles. The van der Waals surface area contributed by atoms with Crippen molar-refractivity contribution in [3.8, 4) is 0 Å². The van der Waals surface area contributed by atoms with Crippen molar-refractivity contribution < 1.29 is 38.9 Å². The van der Waals surface area contributed by atoms with E-state index >= 15 is 0 Å². The van der Waals surface area contributed by atoms with E-state index in [2.05, 4.69) is 10.2 Å². The van der Waals surface area contributed by atoms with Crippen LogP contribution in [0.15, 0.2) is 48.5 Å². The minimum absolute atomic E-state index is 0.0432. The normalized spacial score (nSPS) is 22.6. The number of hydrogen-bond acceptors (Lipinski definition) is 9. The van der Waals surface area contributed by atoms with E-state index in [9.17, 15) is 19.5 Å². The number of aliphatic hydroxyl groups excluding tert-OH is 1. The Morgan fingerprint density at radius 2 is 1.77 bits per heavy atom. The van der Waals surface area contributed by atoms with E-state index in [0.717, 1.165) is 36.1 Å². The number of anilines is 1. The highest BCUT2D eigenvalue weighted by Crippen LogP contribution is 2.39. The molecule has 2 aromatic carbocycles. The number of hydrogen-bond donors (Lipinski definition) is 4. The molecule has 0 aromatic heterocycles. The zero-order valence-corrected chi connectivity index (χ0v) is 25.1. The van der Waals surface area contributed by atoms with Gasteiger partial charge in [-0.1, -0.05) is 36.4 Å². The molecular formula is C32H43N3O8. The second kappa shape index (κ2) is 14.9. The molecule has 0 spiro atoms. The van der Waals surface area contributed by atoms with E-state index in [1.54, 1.807) is 17.6 Å². The van der Waals surface area contributed by atoms with Gasteiger partial charge in [0.15, 0.2) is 6.29 Å². The molecule has 0 bridgehead atoms. The number of carbonyl (C=O) groups is 3. The summed E-state index contributed by atoms with van der Waals surface area (Å²) in [6.07, 6.45) is 1.40. The zero-order valence-electron chi connectivity index (χ0n) is 25.1. The van der Waals surface area contributed by atoms with Crippen molar-refractivity contribution in [3.63, 3.8) is 0 Å². The maximum Gasteiger partial charge on any atom is 0.323 e. The minimum atomic E-state index is -0.728. The number of nitrogens with zero attached hydrogens (tertiary/aromatic N) is 1. The summed E-state index contributed by atoms with van der Waals surface area (Å²) in [5.41, 5.74) is 4.05. The number of nitrogens with one attached hydrogen (secondary N) is 2. The first kappa shape index (κ1) is 32.6. The molecule has 2 heterocycles. The van der Waals surface area contributed by atoms with Gasteiger partial charge in [-0.3, -0.25) is 24.5 Å². The van der Waals surface area contributed by atoms with Crippen LogP contribution in [0.1, 0.15) is 88.4 Å². The van der Waals surface area contributed by atoms with Crippen molar-refractivity contribution in [1.82, 2.24) is 10.4 Å². The molecule has 4 N–H and O–H groups in total. The number of aliphatic hydroxyl groups is 1. The molecular weight excluding hydrogens is 554 g/mol. The molecule has 4 atom stereocenters. The topological polar surface area (TPSA) is 147 Å². The van der Waals surface area contributed by atoms with Gasteiger partial charge in [0.25, 0.3) is 0 Å². The van der Waals surface area contributed by atoms with Crippen molar-refractivity contribution in [2.24, 2.45) is 0 Å². The summed E-state index contributed by atoms with van der Waals surface area (Å²) < 4.78 is 18.6. The second-order valence-corrected chi connectivity index (χ2v) is 12.1. The van der Waals surface area contributed by atoms with Gasteiger partial charge >= 0.3 is 5.97 Å². The monoisotopic (exact) mass is 597 g/mol. The molecule has 2 fully saturated rings. The van der Waals surface area contributed by atoms with Crippen molar-refractivity contribution >= 4 is 23.5 Å². The largest absolute Gasteiger partial charge is 0.459 e. The van der Waals surface area contributed by atoms with Crippen LogP contribution in [-0.4, -0.2) is 63.8 Å². The number of carbonyl (C=O) groups excluding carboxylic acids is 3. The van der Waals surface area contributed by atoms with E-state index in [-0.39, 0.29) is 49.6 Å². The maximum absolute atomic E-state index is 13.0. The lowest BCUT2D eigenvalue weighted by Crippen LogP contribution is -2.45. The van der Waals surface area contributed by atoms with Gasteiger partial charge in [-0.15, -0.1) is 0 Å². The molecule has 2 saturated heterocycles. The first-order chi connectivity index (χ1) is 20.5. The van der Waals surface area contributed by atoms with Crippen LogP contribution in [0.3, 0.4) is 0 Å². The Hall–Kier alpha value is -3.35. The van der Waals surface area contributed by atoms with Gasteiger partial charge in [0.2, 0.25) is 11.8 Å². The number of ether oxygens (including phenoxy) is 3. The Kier molecular flexibility index (Phi) is 11.3. The lowest BCUT2D eigenvalue weighted by molar-refractivity contribution is -0.253. The fourth-order valence-electron chi connectivity index (χ4n) is 5.43. The standard InChI is InChI=1S/C32H43N3O8/c1-32(2,3)43-30(39)26-9-6-16-35(26)19-25-18-27(22-14-12-21(20-36)13-15-22)42-31(41-25)23-7-4-8-24(17-23)33-28(37)10-5-11-29(38)34-40/h4,7-8,12-15,17,25-27,31,36,40H,5-6,9-11,16,18-20H2,1-3H3,(H,33,37)(H,34,38)/t25-,26+,27+,31+/m1/s1. The van der Waals surface area contributed by atoms with Crippen LogP contribution in [-0.2, 0) is 35.2 Å². The molecule has 11 nitrogen and oxygen atoms in total. The van der Waals surface area contributed by atoms with Gasteiger partial charge in [0, 0.05) is 37.1 Å². The van der Waals surface area contributed by atoms with Crippen LogP contribution >= 0.6 is 0 Å². The Balaban J connectivity index is 1.49. The van der Waals surface area contributed by atoms with E-state index < -0.39 is 17.8 Å². The number of rotatable bonds is 11. The number of benzene rings is 2. The molecule has 11 heteroatoms. The third kappa shape index (κ3) is 9.57. The van der Waals surface area contributed by atoms with Crippen LogP contribution in [0.2, 0.25) is 0 Å². The van der Waals surface area contributed by atoms with Gasteiger partial charge < -0.3 is 24.6 Å². The van der Waals surface area contributed by atoms with E-state index in [1.807, 2.05) is 57.2 Å². The van der Waals surface area contributed by atoms with E-state index in [4.69, 9.17) is 19.4 Å². The smallest absolute Gasteiger partial charge is 0.323 e. The summed E-state index contributed by atoms with van der Waals surface area (Å²) in [7, 11) is 0. The quantitative estimate of drug-likeness (QED) is 0.170. The van der Waals surface area contributed by atoms with Gasteiger partial charge in [-0.05, 0) is 69.8 Å². The molecule has 2 aromatic rings. The van der Waals surface area contributed by atoms with Crippen molar-refractivity contribution in [2.45, 2.75) is 96.0 Å². The van der Waals surface area contributed by atoms with Crippen molar-refractivity contribution in [2.75, 3.05) is 18.4 Å². The molecule has 4 rings (SSSR count). The SMILES string of the molecule is CC(C)(C)OC(=O)[C@@H]1CCCN1C[C@H]1C[C@@H](c2ccc(CO)cc2)O[C@@H](c2cccc(NC(=O)CCCC(=O)NO)c2)O1. The third-order valence-corrected chi connectivity index (χ3v) is 7.47. The van der Waals surface area contributed by atoms with Crippen LogP contribution in [0.5, 0.6) is 0 Å². The summed E-state index contributed by atoms with van der Waals surface area (Å²) in [5.74, 6) is -1.01. The zero-order chi connectivity index (χ0) is 31.0. The van der Waals surface area contributed by atoms with Crippen LogP contribution in [0.25, 0.3) is 0 Å². The molecule has 234 valence electrons. The average molecular weight is 598 g/mol. The molecule has 0 radical (unpaired) electrons. The lowest BCUT2D eigenvalue weighted by Gasteiger charge is -2.38. The Morgan fingerprint density at radius 1 is 1.02 bits per heavy atom. The van der Waals surface area contributed by atoms with Gasteiger partial charge in [-0.2, -0.15) is 0 Å². The minimum Gasteiger partial charge on any atom is -0.459 e. The summed E-state index contributed by atoms with van der Waals surface area (Å²) in [4.78, 5) is 38.8. The predicted octanol–water partition coefficient (Wildman–Crippen LogP) is 4.14. The maximum atomic E-state index is 13.0. The van der Waals surface area contributed by atoms with Crippen LogP contribution in [0, 0.1) is 0 Å². The number of esters is 1. The second-order valence-electron chi connectivity index (χ2n) is 12.1. The van der Waals surface area contributed by atoms with Gasteiger partial charge in [0.1, 0.15) is 11.6 Å². The van der Waals surface area contributed by atoms with Gasteiger partial charge in [-0.25, -0.2) is 5.48 Å². The molecule has 2 amide bonds. The van der Waals surface area contributed by atoms with E-state index in [1.165, 1.54) is 0 Å². The third-order valence-electron chi connectivity index (χ3n) is 7.47. The highest BCUT2D eigenvalue weighted by molar-refractivity contribution is 5.91. The Morgan fingerprint density at radius 3 is 2.47 bits per heavy atom. The summed E-state index contributed by atoms with van der Waals surface area (Å²) in [5, 5.41) is 21.0. The fourth-order valence-corrected chi connectivity index (χ4v) is 5.43. The molecule has 0 aliphatic carbocycles. The molecule has 0 saturated carbocycles. The first-order valence-corrected chi connectivity index (χ1v) is 14.8. The molecule has 2 aliphatic rings. The summed E-state index contributed by atoms with van der Waals surface area (Å²) in [6.45, 7) is 6.87. The van der Waals surface area contributed by atoms with E-state index in [0.29, 0.717) is 25.1 Å². The molecule has 43 heavy (non-hydrogen) atoms. The van der Waals surface area contributed by atoms with Gasteiger partial charge in [0.05, 0.1) is 18.8 Å². The average Bonchev–Trinajstić information content (AvgIpc) is 3.44. The van der Waals surface area contributed by atoms with Crippen molar-refractivity contribution in [3.05, 3.63) is 65.2 Å². The Bertz CT molecular complexity index is 1250. The summed E-state index contributed by atoms with van der Waals surface area (Å²) >= 11 is 0. The number of hydroxylamine groups is 1. The van der Waals surface area contributed by atoms with Crippen LogP contribution in [0.4, 0.5) is 5.69 Å². The lowest BCUT2D eigenvalue weighted by atomic mass is 9.99. The first-order valence-electron chi connectivity index (χ1n) is 14.8. The molecule has 0 unspecified atom stereocenters. The predicted molar refractivity (Wildman–Crippen MR) is 158 cm³/mol. The number of amides is 2. The summed E-state index contributed by atoms with van der Waals surface area (Å²) in [6, 6.07) is 14.6. The number of likely N-dealkylation sites (tertiary alicyclic amines) is 1. The highest BCUT2D eigenvalue weighted by atomic mass is 16.7.